The maximum atomic E-state index is 12.1. The average molecular weight is 324 g/mol. The Bertz CT molecular complexity index is 658. The summed E-state index contributed by atoms with van der Waals surface area (Å²) in [4.78, 5) is 24.4. The number of nitro benzene ring substituents is 1. The molecule has 8 heteroatoms. The Morgan fingerprint density at radius 1 is 1.52 bits per heavy atom. The number of carbonyl (C=O) groups is 1. The van der Waals surface area contributed by atoms with E-state index in [1.165, 1.54) is 42.0 Å². The third-order valence-corrected chi connectivity index (χ3v) is 4.28. The van der Waals surface area contributed by atoms with Crippen molar-refractivity contribution in [2.45, 2.75) is 6.92 Å². The third kappa shape index (κ3) is 3.06. The Morgan fingerprint density at radius 2 is 2.24 bits per heavy atom. The summed E-state index contributed by atoms with van der Waals surface area (Å²) >= 11 is 6.30. The molecule has 1 saturated heterocycles. The van der Waals surface area contributed by atoms with Gasteiger partial charge in [-0.2, -0.15) is 0 Å². The minimum atomic E-state index is -0.492. The number of hydrogen-bond donors (Lipinski definition) is 0. The number of carbonyl (C=O) groups excluding carboxylic acids is 1. The van der Waals surface area contributed by atoms with E-state index in [1.54, 1.807) is 6.08 Å². The molecule has 1 aliphatic rings. The minimum absolute atomic E-state index is 0.0620. The number of hydrogen-bond acceptors (Lipinski definition) is 6. The number of methoxy groups -OCH3 is 1. The van der Waals surface area contributed by atoms with Crippen LogP contribution in [0.25, 0.3) is 6.08 Å². The molecule has 0 atom stereocenters. The van der Waals surface area contributed by atoms with Crippen molar-refractivity contribution < 1.29 is 14.5 Å². The van der Waals surface area contributed by atoms with Crippen molar-refractivity contribution in [1.82, 2.24) is 4.90 Å². The molecule has 1 aromatic carbocycles. The van der Waals surface area contributed by atoms with Crippen molar-refractivity contribution in [3.05, 3.63) is 38.8 Å². The lowest BCUT2D eigenvalue weighted by molar-refractivity contribution is -0.384. The number of nitro groups is 1. The van der Waals surface area contributed by atoms with Gasteiger partial charge < -0.3 is 4.74 Å². The lowest BCUT2D eigenvalue weighted by Crippen LogP contribution is -2.27. The number of rotatable bonds is 4. The van der Waals surface area contributed by atoms with Gasteiger partial charge in [-0.05, 0) is 19.1 Å². The number of thioether (sulfide) groups is 1. The fraction of sp³-hybridized carbons (Fsp3) is 0.231. The molecule has 1 aromatic rings. The average Bonchev–Trinajstić information content (AvgIpc) is 2.72. The summed E-state index contributed by atoms with van der Waals surface area (Å²) < 4.78 is 5.66. The number of non-ortho nitro benzene ring substituents is 1. The van der Waals surface area contributed by atoms with E-state index in [0.717, 1.165) is 0 Å². The first kappa shape index (κ1) is 15.5. The van der Waals surface area contributed by atoms with Gasteiger partial charge in [0.25, 0.3) is 11.6 Å². The van der Waals surface area contributed by atoms with E-state index >= 15 is 0 Å². The molecule has 0 aromatic heterocycles. The molecule has 1 heterocycles. The number of ether oxygens (including phenoxy) is 1. The van der Waals surface area contributed by atoms with E-state index in [9.17, 15) is 14.9 Å². The smallest absolute Gasteiger partial charge is 0.270 e. The molecule has 0 bridgehead atoms. The Balaban J connectivity index is 2.45. The number of benzene rings is 1. The number of likely N-dealkylation sites (N-methyl/N-ethyl adjacent to an activating group) is 1. The second-order valence-corrected chi connectivity index (χ2v) is 5.79. The Labute approximate surface area is 130 Å². The fourth-order valence-electron chi connectivity index (χ4n) is 1.86. The van der Waals surface area contributed by atoms with Crippen LogP contribution in [-0.2, 0) is 4.79 Å². The van der Waals surface area contributed by atoms with Gasteiger partial charge in [0.2, 0.25) is 0 Å². The zero-order valence-electron chi connectivity index (χ0n) is 11.4. The van der Waals surface area contributed by atoms with E-state index in [1.807, 2.05) is 6.92 Å². The highest BCUT2D eigenvalue weighted by molar-refractivity contribution is 8.26. The Kier molecular flexibility index (Phi) is 4.59. The van der Waals surface area contributed by atoms with Crippen LogP contribution in [0.5, 0.6) is 5.75 Å². The lowest BCUT2D eigenvalue weighted by Gasteiger charge is -2.09. The second-order valence-electron chi connectivity index (χ2n) is 4.11. The Hall–Kier alpha value is -1.93. The van der Waals surface area contributed by atoms with E-state index < -0.39 is 4.92 Å². The van der Waals surface area contributed by atoms with Gasteiger partial charge in [0.1, 0.15) is 10.1 Å². The molecule has 0 unspecified atom stereocenters. The van der Waals surface area contributed by atoms with Crippen molar-refractivity contribution in [1.29, 1.82) is 0 Å². The van der Waals surface area contributed by atoms with Gasteiger partial charge in [0.05, 0.1) is 16.9 Å². The monoisotopic (exact) mass is 324 g/mol. The van der Waals surface area contributed by atoms with Gasteiger partial charge in [-0.1, -0.05) is 24.0 Å². The summed E-state index contributed by atoms with van der Waals surface area (Å²) in [5, 5.41) is 10.8. The van der Waals surface area contributed by atoms with Crippen molar-refractivity contribution in [3.63, 3.8) is 0 Å². The highest BCUT2D eigenvalue weighted by Gasteiger charge is 2.31. The first-order valence-electron chi connectivity index (χ1n) is 6.05. The first-order valence-corrected chi connectivity index (χ1v) is 7.28. The zero-order chi connectivity index (χ0) is 15.6. The van der Waals surface area contributed by atoms with Crippen molar-refractivity contribution in [2.24, 2.45) is 0 Å². The first-order chi connectivity index (χ1) is 9.97. The summed E-state index contributed by atoms with van der Waals surface area (Å²) in [5.74, 6) is 0.267. The molecule has 1 fully saturated rings. The standard InChI is InChI=1S/C13H12N2O4S2/c1-3-14-12(16)11(21-13(14)20)7-8-6-9(15(17)18)4-5-10(8)19-2/h4-7H,3H2,1-2H3. The summed E-state index contributed by atoms with van der Waals surface area (Å²) in [5.41, 5.74) is 0.413. The predicted molar refractivity (Wildman–Crippen MR) is 85.2 cm³/mol. The zero-order valence-corrected chi connectivity index (χ0v) is 13.0. The van der Waals surface area contributed by atoms with Crippen molar-refractivity contribution in [3.8, 4) is 5.75 Å². The Morgan fingerprint density at radius 3 is 2.76 bits per heavy atom. The maximum Gasteiger partial charge on any atom is 0.270 e. The number of amides is 1. The van der Waals surface area contributed by atoms with Crippen molar-refractivity contribution in [2.75, 3.05) is 13.7 Å². The van der Waals surface area contributed by atoms with Crippen LogP contribution in [0, 0.1) is 10.1 Å². The van der Waals surface area contributed by atoms with Gasteiger partial charge in [0, 0.05) is 24.2 Å². The molecular weight excluding hydrogens is 312 g/mol. The van der Waals surface area contributed by atoms with Gasteiger partial charge in [-0.15, -0.1) is 0 Å². The van der Waals surface area contributed by atoms with Gasteiger partial charge >= 0.3 is 0 Å². The molecule has 21 heavy (non-hydrogen) atoms. The molecule has 1 aliphatic heterocycles. The number of thiocarbonyl (C=S) groups is 1. The van der Waals surface area contributed by atoms with Crippen LogP contribution in [0.2, 0.25) is 0 Å². The van der Waals surface area contributed by atoms with E-state index in [2.05, 4.69) is 0 Å². The quantitative estimate of drug-likeness (QED) is 0.367. The van der Waals surface area contributed by atoms with Gasteiger partial charge in [-0.3, -0.25) is 19.8 Å². The van der Waals surface area contributed by atoms with Crippen molar-refractivity contribution >= 4 is 46.0 Å². The molecule has 0 aliphatic carbocycles. The molecule has 0 radical (unpaired) electrons. The molecule has 1 amide bonds. The normalized spacial score (nSPS) is 16.7. The maximum absolute atomic E-state index is 12.1. The van der Waals surface area contributed by atoms with Crippen LogP contribution in [0.3, 0.4) is 0 Å². The molecule has 2 rings (SSSR count). The number of nitrogens with zero attached hydrogens (tertiary/aromatic N) is 2. The van der Waals surface area contributed by atoms with E-state index in [4.69, 9.17) is 17.0 Å². The van der Waals surface area contributed by atoms with E-state index in [-0.39, 0.29) is 11.6 Å². The summed E-state index contributed by atoms with van der Waals surface area (Å²) in [6.45, 7) is 2.33. The van der Waals surface area contributed by atoms with Crippen LogP contribution in [0.4, 0.5) is 5.69 Å². The van der Waals surface area contributed by atoms with Crippen LogP contribution in [0.1, 0.15) is 12.5 Å². The largest absolute Gasteiger partial charge is 0.496 e. The highest BCUT2D eigenvalue weighted by atomic mass is 32.2. The summed E-state index contributed by atoms with van der Waals surface area (Å²) in [6, 6.07) is 4.23. The van der Waals surface area contributed by atoms with Crippen LogP contribution in [-0.4, -0.2) is 33.7 Å². The van der Waals surface area contributed by atoms with Crippen LogP contribution < -0.4 is 4.74 Å². The van der Waals surface area contributed by atoms with Crippen LogP contribution in [0.15, 0.2) is 23.1 Å². The predicted octanol–water partition coefficient (Wildman–Crippen LogP) is 2.82. The molecule has 110 valence electrons. The fourth-order valence-corrected chi connectivity index (χ4v) is 3.24. The molecule has 0 spiro atoms. The second kappa shape index (κ2) is 6.23. The lowest BCUT2D eigenvalue weighted by atomic mass is 10.1. The summed E-state index contributed by atoms with van der Waals surface area (Å²) in [7, 11) is 1.47. The van der Waals surface area contributed by atoms with Crippen LogP contribution >= 0.6 is 24.0 Å². The summed E-state index contributed by atoms with van der Waals surface area (Å²) in [6.07, 6.45) is 1.57. The molecule has 0 N–H and O–H groups in total. The third-order valence-electron chi connectivity index (χ3n) is 2.90. The highest BCUT2D eigenvalue weighted by Crippen LogP contribution is 2.35. The minimum Gasteiger partial charge on any atom is -0.496 e. The van der Waals surface area contributed by atoms with Gasteiger partial charge in [-0.25, -0.2) is 0 Å². The molecule has 0 saturated carbocycles. The SMILES string of the molecule is CCN1C(=O)C(=Cc2cc([N+](=O)[O-])ccc2OC)SC1=S. The molecule has 6 nitrogen and oxygen atoms in total. The topological polar surface area (TPSA) is 72.7 Å². The van der Waals surface area contributed by atoms with E-state index in [0.29, 0.717) is 27.1 Å². The molecular formula is C13H12N2O4S2. The van der Waals surface area contributed by atoms with Gasteiger partial charge in [0.15, 0.2) is 0 Å².